The maximum Gasteiger partial charge on any atom is 0.328 e. The van der Waals surface area contributed by atoms with Crippen molar-refractivity contribution in [1.82, 2.24) is 14.5 Å². The molecule has 82 valence electrons. The molecule has 0 amide bonds. The highest BCUT2D eigenvalue weighted by atomic mass is 16.2. The van der Waals surface area contributed by atoms with Crippen LogP contribution in [0.2, 0.25) is 0 Å². The molecule has 6 heteroatoms. The zero-order valence-corrected chi connectivity index (χ0v) is 8.38. The summed E-state index contributed by atoms with van der Waals surface area (Å²) < 4.78 is 1.33. The molecule has 0 aliphatic carbocycles. The Bertz CT molecular complexity index is 600. The molecule has 0 unspecified atom stereocenters. The lowest BCUT2D eigenvalue weighted by molar-refractivity contribution is 0.721. The maximum atomic E-state index is 11.4. The van der Waals surface area contributed by atoms with Crippen LogP contribution < -0.4 is 17.0 Å². The Morgan fingerprint density at radius 3 is 2.94 bits per heavy atom. The monoisotopic (exact) mass is 218 g/mol. The summed E-state index contributed by atoms with van der Waals surface area (Å²) in [6, 6.07) is 3.61. The summed E-state index contributed by atoms with van der Waals surface area (Å²) in [5, 5.41) is 0. The molecule has 2 rings (SSSR count). The van der Waals surface area contributed by atoms with Crippen LogP contribution in [0, 0.1) is 0 Å². The molecule has 0 atom stereocenters. The van der Waals surface area contributed by atoms with Gasteiger partial charge in [0.1, 0.15) is 5.69 Å². The van der Waals surface area contributed by atoms with Gasteiger partial charge in [0, 0.05) is 18.6 Å². The molecule has 3 N–H and O–H groups in total. The first kappa shape index (κ1) is 10.2. The van der Waals surface area contributed by atoms with E-state index in [9.17, 15) is 9.59 Å². The number of nitrogen functional groups attached to an aromatic ring is 1. The van der Waals surface area contributed by atoms with Gasteiger partial charge in [-0.05, 0) is 11.6 Å². The van der Waals surface area contributed by atoms with Gasteiger partial charge >= 0.3 is 5.69 Å². The Kier molecular flexibility index (Phi) is 2.55. The zero-order chi connectivity index (χ0) is 11.5. The van der Waals surface area contributed by atoms with Crippen LogP contribution in [0.1, 0.15) is 5.56 Å². The van der Waals surface area contributed by atoms with Crippen molar-refractivity contribution >= 4 is 5.69 Å². The Labute approximate surface area is 90.4 Å². The minimum Gasteiger partial charge on any atom is -0.393 e. The number of H-pyrrole nitrogens is 1. The molecule has 0 aromatic carbocycles. The Hall–Kier alpha value is -2.37. The normalized spacial score (nSPS) is 10.2. The molecule has 2 aromatic rings. The average molecular weight is 218 g/mol. The third-order valence-corrected chi connectivity index (χ3v) is 2.11. The Morgan fingerprint density at radius 2 is 2.25 bits per heavy atom. The van der Waals surface area contributed by atoms with Gasteiger partial charge < -0.3 is 5.73 Å². The summed E-state index contributed by atoms with van der Waals surface area (Å²) in [4.78, 5) is 28.5. The molecule has 0 spiro atoms. The first-order valence-corrected chi connectivity index (χ1v) is 4.65. The zero-order valence-electron chi connectivity index (χ0n) is 8.38. The van der Waals surface area contributed by atoms with Gasteiger partial charge in [-0.1, -0.05) is 6.07 Å². The molecule has 6 nitrogen and oxygen atoms in total. The quantitative estimate of drug-likeness (QED) is 0.714. The first-order valence-electron chi connectivity index (χ1n) is 4.65. The lowest BCUT2D eigenvalue weighted by Crippen LogP contribution is -2.31. The molecular formula is C10H10N4O2. The van der Waals surface area contributed by atoms with Crippen molar-refractivity contribution in [3.63, 3.8) is 0 Å². The summed E-state index contributed by atoms with van der Waals surface area (Å²) >= 11 is 0. The molecule has 2 aromatic heterocycles. The molecule has 0 radical (unpaired) electrons. The van der Waals surface area contributed by atoms with Crippen molar-refractivity contribution in [2.45, 2.75) is 6.54 Å². The van der Waals surface area contributed by atoms with E-state index in [1.54, 1.807) is 18.5 Å². The standard InChI is InChI=1S/C10H10N4O2/c11-8-6-14(10(16)13-9(8)15)5-7-2-1-3-12-4-7/h1-4,6H,5,11H2,(H,13,15,16). The topological polar surface area (TPSA) is 93.8 Å². The number of rotatable bonds is 2. The van der Waals surface area contributed by atoms with Crippen LogP contribution in [-0.4, -0.2) is 14.5 Å². The molecule has 0 saturated heterocycles. The van der Waals surface area contributed by atoms with Gasteiger partial charge in [-0.25, -0.2) is 4.79 Å². The Balaban J connectivity index is 2.40. The molecule has 16 heavy (non-hydrogen) atoms. The smallest absolute Gasteiger partial charge is 0.328 e. The van der Waals surface area contributed by atoms with Crippen molar-refractivity contribution in [2.75, 3.05) is 5.73 Å². The van der Waals surface area contributed by atoms with Crippen molar-refractivity contribution in [1.29, 1.82) is 0 Å². The van der Waals surface area contributed by atoms with Crippen LogP contribution in [0.4, 0.5) is 5.69 Å². The molecule has 0 saturated carbocycles. The van der Waals surface area contributed by atoms with E-state index >= 15 is 0 Å². The number of hydrogen-bond donors (Lipinski definition) is 2. The summed E-state index contributed by atoms with van der Waals surface area (Å²) in [7, 11) is 0. The average Bonchev–Trinajstić information content (AvgIpc) is 2.27. The number of nitrogens with two attached hydrogens (primary N) is 1. The second-order valence-electron chi connectivity index (χ2n) is 3.33. The van der Waals surface area contributed by atoms with Crippen LogP contribution >= 0.6 is 0 Å². The number of nitrogens with one attached hydrogen (secondary N) is 1. The van der Waals surface area contributed by atoms with E-state index in [1.807, 2.05) is 6.07 Å². The molecule has 2 heterocycles. The van der Waals surface area contributed by atoms with Gasteiger partial charge in [0.05, 0.1) is 6.54 Å². The SMILES string of the molecule is Nc1cn(Cc2cccnc2)c(=O)[nH]c1=O. The first-order chi connectivity index (χ1) is 7.66. The van der Waals surface area contributed by atoms with Gasteiger partial charge in [0.25, 0.3) is 5.56 Å². The highest BCUT2D eigenvalue weighted by Crippen LogP contribution is 1.98. The maximum absolute atomic E-state index is 11.4. The van der Waals surface area contributed by atoms with Gasteiger partial charge in [0.2, 0.25) is 0 Å². The van der Waals surface area contributed by atoms with E-state index < -0.39 is 11.2 Å². The van der Waals surface area contributed by atoms with Crippen LogP contribution in [-0.2, 0) is 6.54 Å². The lowest BCUT2D eigenvalue weighted by atomic mass is 10.3. The second-order valence-corrected chi connectivity index (χ2v) is 3.33. The van der Waals surface area contributed by atoms with E-state index in [1.165, 1.54) is 10.8 Å². The predicted octanol–water partition coefficient (Wildman–Crippen LogP) is -0.438. The highest BCUT2D eigenvalue weighted by Gasteiger charge is 2.01. The molecule has 0 bridgehead atoms. The Morgan fingerprint density at radius 1 is 1.44 bits per heavy atom. The van der Waals surface area contributed by atoms with E-state index in [-0.39, 0.29) is 5.69 Å². The van der Waals surface area contributed by atoms with E-state index in [0.29, 0.717) is 6.54 Å². The molecule has 0 aliphatic rings. The highest BCUT2D eigenvalue weighted by molar-refractivity contribution is 5.30. The molecule has 0 aliphatic heterocycles. The summed E-state index contributed by atoms with van der Waals surface area (Å²) in [5.74, 6) is 0. The van der Waals surface area contributed by atoms with Crippen molar-refractivity contribution in [3.8, 4) is 0 Å². The molecular weight excluding hydrogens is 208 g/mol. The third-order valence-electron chi connectivity index (χ3n) is 2.11. The minimum atomic E-state index is -0.563. The van der Waals surface area contributed by atoms with Gasteiger partial charge in [-0.2, -0.15) is 0 Å². The lowest BCUT2D eigenvalue weighted by Gasteiger charge is -2.04. The van der Waals surface area contributed by atoms with Crippen LogP contribution in [0.5, 0.6) is 0 Å². The fourth-order valence-corrected chi connectivity index (χ4v) is 1.33. The van der Waals surface area contributed by atoms with Crippen molar-refractivity contribution in [2.24, 2.45) is 0 Å². The molecule has 0 fully saturated rings. The number of pyridine rings is 1. The summed E-state index contributed by atoms with van der Waals surface area (Å²) in [5.41, 5.74) is 5.25. The number of nitrogens with zero attached hydrogens (tertiary/aromatic N) is 2. The van der Waals surface area contributed by atoms with E-state index in [2.05, 4.69) is 9.97 Å². The van der Waals surface area contributed by atoms with Crippen LogP contribution in [0.25, 0.3) is 0 Å². The third kappa shape index (κ3) is 2.00. The van der Waals surface area contributed by atoms with E-state index in [4.69, 9.17) is 5.73 Å². The number of anilines is 1. The van der Waals surface area contributed by atoms with Crippen molar-refractivity contribution in [3.05, 3.63) is 57.1 Å². The predicted molar refractivity (Wildman–Crippen MR) is 59.1 cm³/mol. The van der Waals surface area contributed by atoms with Gasteiger partial charge in [0.15, 0.2) is 0 Å². The largest absolute Gasteiger partial charge is 0.393 e. The fourth-order valence-electron chi connectivity index (χ4n) is 1.33. The second kappa shape index (κ2) is 4.01. The number of aromatic amines is 1. The van der Waals surface area contributed by atoms with Crippen molar-refractivity contribution < 1.29 is 0 Å². The van der Waals surface area contributed by atoms with E-state index in [0.717, 1.165) is 5.56 Å². The van der Waals surface area contributed by atoms with Crippen LogP contribution in [0.15, 0.2) is 40.3 Å². The summed E-state index contributed by atoms with van der Waals surface area (Å²) in [6.07, 6.45) is 4.62. The van der Waals surface area contributed by atoms with Crippen LogP contribution in [0.3, 0.4) is 0 Å². The van der Waals surface area contributed by atoms with Gasteiger partial charge in [-0.15, -0.1) is 0 Å². The van der Waals surface area contributed by atoms with Gasteiger partial charge in [-0.3, -0.25) is 19.3 Å². The number of hydrogen-bond acceptors (Lipinski definition) is 4. The fraction of sp³-hybridized carbons (Fsp3) is 0.100. The number of aromatic nitrogens is 3. The minimum absolute atomic E-state index is 0.0171. The summed E-state index contributed by atoms with van der Waals surface area (Å²) in [6.45, 7) is 0.327.